The standard InChI is InChI=1S/C10H16Br2O2/c1-6(2)10(9(11)12)4-3-7(5-10)8(13)14/h6-7,9H,3-5H2,1-2H3,(H,13,14)/t7-,10+/m0/s1. The van der Waals surface area contributed by atoms with Crippen LogP contribution in [0.1, 0.15) is 33.1 Å². The first-order chi connectivity index (χ1) is 6.40. The molecule has 1 saturated carbocycles. The third kappa shape index (κ3) is 2.16. The summed E-state index contributed by atoms with van der Waals surface area (Å²) < 4.78 is 0.215. The normalized spacial score (nSPS) is 32.9. The van der Waals surface area contributed by atoms with Crippen molar-refractivity contribution in [2.75, 3.05) is 0 Å². The summed E-state index contributed by atoms with van der Waals surface area (Å²) in [5, 5.41) is 8.98. The second-order valence-corrected chi connectivity index (χ2v) is 7.53. The van der Waals surface area contributed by atoms with Gasteiger partial charge in [-0.3, -0.25) is 4.79 Å². The van der Waals surface area contributed by atoms with Gasteiger partial charge >= 0.3 is 5.97 Å². The SMILES string of the molecule is CC(C)[C@@]1(C(Br)Br)CC[C@H](C(=O)O)C1. The lowest BCUT2D eigenvalue weighted by molar-refractivity contribution is -0.141. The Kier molecular flexibility index (Phi) is 4.03. The summed E-state index contributed by atoms with van der Waals surface area (Å²) in [6, 6.07) is 0. The average molecular weight is 328 g/mol. The molecule has 1 aliphatic carbocycles. The van der Waals surface area contributed by atoms with Crippen LogP contribution in [-0.4, -0.2) is 14.8 Å². The van der Waals surface area contributed by atoms with E-state index < -0.39 is 5.97 Å². The van der Waals surface area contributed by atoms with Crippen molar-refractivity contribution in [2.24, 2.45) is 17.3 Å². The Labute approximate surface area is 102 Å². The number of halogens is 2. The molecule has 1 N–H and O–H groups in total. The van der Waals surface area contributed by atoms with E-state index in [4.69, 9.17) is 5.11 Å². The highest BCUT2D eigenvalue weighted by molar-refractivity contribution is 9.24. The highest BCUT2D eigenvalue weighted by atomic mass is 79.9. The summed E-state index contributed by atoms with van der Waals surface area (Å²) in [7, 11) is 0. The van der Waals surface area contributed by atoms with Gasteiger partial charge in [-0.15, -0.1) is 0 Å². The molecule has 0 amide bonds. The maximum atomic E-state index is 10.9. The summed E-state index contributed by atoms with van der Waals surface area (Å²) in [5.41, 5.74) is 0.100. The van der Waals surface area contributed by atoms with Crippen molar-refractivity contribution in [3.05, 3.63) is 0 Å². The highest BCUT2D eigenvalue weighted by Gasteiger charge is 2.47. The number of hydrogen-bond acceptors (Lipinski definition) is 1. The summed E-state index contributed by atoms with van der Waals surface area (Å²) in [5.74, 6) is -0.307. The molecule has 1 fully saturated rings. The van der Waals surface area contributed by atoms with Crippen LogP contribution in [0.5, 0.6) is 0 Å². The van der Waals surface area contributed by atoms with Gasteiger partial charge in [-0.2, -0.15) is 0 Å². The van der Waals surface area contributed by atoms with Crippen molar-refractivity contribution in [2.45, 2.75) is 36.8 Å². The second kappa shape index (κ2) is 4.52. The average Bonchev–Trinajstić information content (AvgIpc) is 2.48. The van der Waals surface area contributed by atoms with Crippen LogP contribution in [0.2, 0.25) is 0 Å². The molecule has 0 unspecified atom stereocenters. The monoisotopic (exact) mass is 326 g/mol. The summed E-state index contributed by atoms with van der Waals surface area (Å²) in [4.78, 5) is 10.9. The Morgan fingerprint density at radius 2 is 2.07 bits per heavy atom. The molecule has 4 heteroatoms. The van der Waals surface area contributed by atoms with Crippen molar-refractivity contribution in [3.63, 3.8) is 0 Å². The minimum Gasteiger partial charge on any atom is -0.481 e. The quantitative estimate of drug-likeness (QED) is 0.804. The molecule has 0 bridgehead atoms. The molecule has 0 heterocycles. The van der Waals surface area contributed by atoms with Gasteiger partial charge in [0.05, 0.1) is 9.65 Å². The van der Waals surface area contributed by atoms with Crippen molar-refractivity contribution in [3.8, 4) is 0 Å². The Morgan fingerprint density at radius 1 is 1.50 bits per heavy atom. The largest absolute Gasteiger partial charge is 0.481 e. The molecule has 82 valence electrons. The topological polar surface area (TPSA) is 37.3 Å². The van der Waals surface area contributed by atoms with Gasteiger partial charge in [-0.05, 0) is 30.6 Å². The van der Waals surface area contributed by atoms with Crippen LogP contribution in [0.3, 0.4) is 0 Å². The van der Waals surface area contributed by atoms with Crippen LogP contribution in [0.15, 0.2) is 0 Å². The number of carboxylic acids is 1. The number of aliphatic carboxylic acids is 1. The van der Waals surface area contributed by atoms with Gasteiger partial charge in [0.15, 0.2) is 0 Å². The second-order valence-electron chi connectivity index (χ2n) is 4.47. The van der Waals surface area contributed by atoms with Crippen LogP contribution < -0.4 is 0 Å². The van der Waals surface area contributed by atoms with Crippen LogP contribution in [-0.2, 0) is 4.79 Å². The van der Waals surface area contributed by atoms with Crippen LogP contribution >= 0.6 is 31.9 Å². The van der Waals surface area contributed by atoms with E-state index in [0.29, 0.717) is 5.92 Å². The number of rotatable bonds is 3. The molecule has 2 nitrogen and oxygen atoms in total. The zero-order valence-corrected chi connectivity index (χ0v) is 11.6. The maximum absolute atomic E-state index is 10.9. The van der Waals surface area contributed by atoms with E-state index in [-0.39, 0.29) is 15.1 Å². The summed E-state index contributed by atoms with van der Waals surface area (Å²) in [6.07, 6.45) is 2.57. The van der Waals surface area contributed by atoms with Crippen molar-refractivity contribution in [1.82, 2.24) is 0 Å². The first-order valence-corrected chi connectivity index (χ1v) is 6.74. The molecule has 0 aromatic rings. The van der Waals surface area contributed by atoms with Gasteiger partial charge in [-0.25, -0.2) is 0 Å². The molecule has 1 aliphatic rings. The lowest BCUT2D eigenvalue weighted by Crippen LogP contribution is -2.31. The Hall–Kier alpha value is 0.430. The van der Waals surface area contributed by atoms with Gasteiger partial charge in [-0.1, -0.05) is 45.7 Å². The molecule has 0 radical (unpaired) electrons. The van der Waals surface area contributed by atoms with E-state index in [1.165, 1.54) is 0 Å². The lowest BCUT2D eigenvalue weighted by atomic mass is 9.77. The Bertz CT molecular complexity index is 218. The molecule has 0 spiro atoms. The highest BCUT2D eigenvalue weighted by Crippen LogP contribution is 2.53. The van der Waals surface area contributed by atoms with Crippen LogP contribution in [0.4, 0.5) is 0 Å². The molecule has 1 rings (SSSR count). The minimum atomic E-state index is -0.645. The molecule has 14 heavy (non-hydrogen) atoms. The zero-order valence-electron chi connectivity index (χ0n) is 8.46. The predicted octanol–water partition coefficient (Wildman–Crippen LogP) is 3.63. The first kappa shape index (κ1) is 12.5. The van der Waals surface area contributed by atoms with Crippen LogP contribution in [0.25, 0.3) is 0 Å². The smallest absolute Gasteiger partial charge is 0.306 e. The third-order valence-electron chi connectivity index (χ3n) is 3.52. The van der Waals surface area contributed by atoms with Gasteiger partial charge in [0.1, 0.15) is 0 Å². The van der Waals surface area contributed by atoms with E-state index in [0.717, 1.165) is 19.3 Å². The van der Waals surface area contributed by atoms with Gasteiger partial charge in [0.2, 0.25) is 0 Å². The fourth-order valence-electron chi connectivity index (χ4n) is 2.29. The zero-order chi connectivity index (χ0) is 10.9. The molecule has 0 aromatic heterocycles. The minimum absolute atomic E-state index is 0.100. The molecule has 2 atom stereocenters. The number of carboxylic acid groups (broad SMARTS) is 1. The van der Waals surface area contributed by atoms with Crippen molar-refractivity contribution in [1.29, 1.82) is 0 Å². The van der Waals surface area contributed by atoms with E-state index in [9.17, 15) is 4.79 Å². The van der Waals surface area contributed by atoms with Gasteiger partial charge in [0.25, 0.3) is 0 Å². The lowest BCUT2D eigenvalue weighted by Gasteiger charge is -2.35. The molecule has 0 aromatic carbocycles. The summed E-state index contributed by atoms with van der Waals surface area (Å²) >= 11 is 7.12. The van der Waals surface area contributed by atoms with E-state index in [1.807, 2.05) is 0 Å². The maximum Gasteiger partial charge on any atom is 0.306 e. The van der Waals surface area contributed by atoms with E-state index in [2.05, 4.69) is 45.7 Å². The van der Waals surface area contributed by atoms with Crippen LogP contribution in [0, 0.1) is 17.3 Å². The van der Waals surface area contributed by atoms with E-state index in [1.54, 1.807) is 0 Å². The number of alkyl halides is 2. The molecular weight excluding hydrogens is 312 g/mol. The Morgan fingerprint density at radius 3 is 2.29 bits per heavy atom. The summed E-state index contributed by atoms with van der Waals surface area (Å²) in [6.45, 7) is 4.33. The fraction of sp³-hybridized carbons (Fsp3) is 0.900. The van der Waals surface area contributed by atoms with Crippen molar-refractivity contribution >= 4 is 37.8 Å². The Balaban J connectivity index is 2.80. The fourth-order valence-corrected chi connectivity index (χ4v) is 4.18. The number of hydrogen-bond donors (Lipinski definition) is 1. The third-order valence-corrected chi connectivity index (χ3v) is 5.34. The molecular formula is C10H16Br2O2. The van der Waals surface area contributed by atoms with Crippen molar-refractivity contribution < 1.29 is 9.90 Å². The first-order valence-electron chi connectivity index (χ1n) is 4.91. The number of carbonyl (C=O) groups is 1. The molecule has 0 saturated heterocycles. The van der Waals surface area contributed by atoms with Gasteiger partial charge < -0.3 is 5.11 Å². The molecule has 0 aliphatic heterocycles. The predicted molar refractivity (Wildman–Crippen MR) is 63.9 cm³/mol. The van der Waals surface area contributed by atoms with Gasteiger partial charge in [0, 0.05) is 0 Å². The van der Waals surface area contributed by atoms with E-state index >= 15 is 0 Å².